The Hall–Kier alpha value is -0.820. The number of aliphatic imine (C=N–C) groups is 1. The normalized spacial score (nSPS) is 10.0. The molecule has 0 amide bonds. The Kier molecular flexibility index (Phi) is 3.74. The van der Waals surface area contributed by atoms with E-state index in [-0.39, 0.29) is 5.54 Å². The summed E-state index contributed by atoms with van der Waals surface area (Å²) in [5.74, 6) is 0. The first-order valence-corrected chi connectivity index (χ1v) is 3.44. The van der Waals surface area contributed by atoms with Crippen molar-refractivity contribution in [2.24, 2.45) is 10.1 Å². The van der Waals surface area contributed by atoms with E-state index in [2.05, 4.69) is 21.5 Å². The van der Waals surface area contributed by atoms with E-state index >= 15 is 0 Å². The van der Waals surface area contributed by atoms with Gasteiger partial charge >= 0.3 is 0 Å². The number of nitrogens with one attached hydrogen (secondary N) is 1. The molecule has 0 aromatic rings. The highest BCUT2D eigenvalue weighted by molar-refractivity contribution is 5.40. The van der Waals surface area contributed by atoms with Gasteiger partial charge in [0.2, 0.25) is 0 Å². The monoisotopic (exact) mass is 141 g/mol. The molecule has 0 rings (SSSR count). The van der Waals surface area contributed by atoms with Crippen molar-refractivity contribution in [1.82, 2.24) is 5.43 Å². The molecule has 0 saturated heterocycles. The quantitative estimate of drug-likeness (QED) is 0.459. The Bertz CT molecular complexity index is 137. The Labute approximate surface area is 62.2 Å². The van der Waals surface area contributed by atoms with Gasteiger partial charge in [-0.25, -0.2) is 4.99 Å². The molecule has 10 heavy (non-hydrogen) atoms. The molecule has 0 aliphatic rings. The molecule has 3 nitrogen and oxygen atoms in total. The van der Waals surface area contributed by atoms with E-state index in [0.29, 0.717) is 0 Å². The second-order valence-corrected chi connectivity index (χ2v) is 3.05. The molecule has 0 atom stereocenters. The average Bonchev–Trinajstić information content (AvgIpc) is 1.78. The molecule has 0 aliphatic carbocycles. The maximum atomic E-state index is 3.80. The fourth-order valence-electron chi connectivity index (χ4n) is 0.299. The summed E-state index contributed by atoms with van der Waals surface area (Å²) in [6.07, 6.45) is 0. The van der Waals surface area contributed by atoms with Crippen LogP contribution < -0.4 is 5.43 Å². The molecule has 0 fully saturated rings. The topological polar surface area (TPSA) is 36.8 Å². The summed E-state index contributed by atoms with van der Waals surface area (Å²) in [5.41, 5.74) is 2.89. The predicted molar refractivity (Wildman–Crippen MR) is 43.3 cm³/mol. The van der Waals surface area contributed by atoms with Gasteiger partial charge in [0.1, 0.15) is 6.01 Å². The summed E-state index contributed by atoms with van der Waals surface area (Å²) in [6.45, 7) is 8.77. The van der Waals surface area contributed by atoms with Crippen LogP contribution in [0.2, 0.25) is 0 Å². The van der Waals surface area contributed by atoms with Crippen LogP contribution in [-0.4, -0.2) is 18.1 Å². The minimum atomic E-state index is 0.0102. The second-order valence-electron chi connectivity index (χ2n) is 3.05. The van der Waals surface area contributed by atoms with Crippen molar-refractivity contribution in [3.05, 3.63) is 0 Å². The minimum Gasteiger partial charge on any atom is -0.295 e. The molecule has 1 N–H and O–H groups in total. The summed E-state index contributed by atoms with van der Waals surface area (Å²) >= 11 is 0. The van der Waals surface area contributed by atoms with Crippen LogP contribution in [0.1, 0.15) is 27.7 Å². The standard InChI is InChI=1S/C7H15N3/c1-5-8-6-9-10-7(2,3)4/h10H,5H2,1-4H3. The van der Waals surface area contributed by atoms with E-state index in [0.717, 1.165) is 6.54 Å². The molecule has 0 unspecified atom stereocenters. The molecule has 58 valence electrons. The Morgan fingerprint density at radius 1 is 1.40 bits per heavy atom. The third-order valence-corrected chi connectivity index (χ3v) is 0.670. The van der Waals surface area contributed by atoms with Crippen LogP contribution in [0.15, 0.2) is 10.1 Å². The van der Waals surface area contributed by atoms with Crippen molar-refractivity contribution in [2.75, 3.05) is 6.54 Å². The van der Waals surface area contributed by atoms with Crippen LogP contribution in [0.4, 0.5) is 0 Å². The largest absolute Gasteiger partial charge is 0.295 e. The molecule has 0 radical (unpaired) electrons. The number of rotatable bonds is 2. The smallest absolute Gasteiger partial charge is 0.114 e. The Morgan fingerprint density at radius 2 is 2.00 bits per heavy atom. The lowest BCUT2D eigenvalue weighted by atomic mass is 10.1. The summed E-state index contributed by atoms with van der Waals surface area (Å²) in [4.78, 5) is 3.80. The van der Waals surface area contributed by atoms with Gasteiger partial charge in [0, 0.05) is 12.1 Å². The lowest BCUT2D eigenvalue weighted by Crippen LogP contribution is -2.30. The van der Waals surface area contributed by atoms with E-state index < -0.39 is 0 Å². The highest BCUT2D eigenvalue weighted by Gasteiger charge is 2.05. The fourth-order valence-corrected chi connectivity index (χ4v) is 0.299. The molecule has 0 heterocycles. The van der Waals surface area contributed by atoms with Crippen molar-refractivity contribution >= 4 is 6.01 Å². The summed E-state index contributed by atoms with van der Waals surface area (Å²) in [6, 6.07) is 2.53. The average molecular weight is 141 g/mol. The van der Waals surface area contributed by atoms with Gasteiger partial charge in [-0.05, 0) is 27.7 Å². The van der Waals surface area contributed by atoms with Gasteiger partial charge in [-0.2, -0.15) is 0 Å². The van der Waals surface area contributed by atoms with Gasteiger partial charge in [-0.3, -0.25) is 5.43 Å². The van der Waals surface area contributed by atoms with Gasteiger partial charge < -0.3 is 0 Å². The van der Waals surface area contributed by atoms with Crippen molar-refractivity contribution in [1.29, 1.82) is 0 Å². The van der Waals surface area contributed by atoms with Gasteiger partial charge in [0.15, 0.2) is 0 Å². The maximum absolute atomic E-state index is 3.80. The Morgan fingerprint density at radius 3 is 2.40 bits per heavy atom. The first-order chi connectivity index (χ1) is 4.56. The Balaban J connectivity index is 3.64. The van der Waals surface area contributed by atoms with Gasteiger partial charge in [0.25, 0.3) is 0 Å². The molecular weight excluding hydrogens is 126 g/mol. The fraction of sp³-hybridized carbons (Fsp3) is 0.857. The van der Waals surface area contributed by atoms with Crippen LogP contribution in [0.25, 0.3) is 0 Å². The summed E-state index contributed by atoms with van der Waals surface area (Å²) < 4.78 is 0. The van der Waals surface area contributed by atoms with Crippen LogP contribution in [-0.2, 0) is 0 Å². The van der Waals surface area contributed by atoms with Gasteiger partial charge in [-0.1, -0.05) is 0 Å². The molecule has 3 heteroatoms. The van der Waals surface area contributed by atoms with Crippen molar-refractivity contribution in [3.63, 3.8) is 0 Å². The number of hydrazone groups is 1. The predicted octanol–water partition coefficient (Wildman–Crippen LogP) is 1.48. The van der Waals surface area contributed by atoms with Crippen molar-refractivity contribution < 1.29 is 0 Å². The van der Waals surface area contributed by atoms with Gasteiger partial charge in [0.05, 0.1) is 0 Å². The number of nitrogens with zero attached hydrogens (tertiary/aromatic N) is 2. The summed E-state index contributed by atoms with van der Waals surface area (Å²) in [5, 5.41) is 3.77. The molecular formula is C7H15N3. The number of hydrogen-bond acceptors (Lipinski definition) is 3. The van der Waals surface area contributed by atoms with Crippen LogP contribution in [0.5, 0.6) is 0 Å². The SMILES string of the molecule is CCN=C=NNC(C)(C)C. The third-order valence-electron chi connectivity index (χ3n) is 0.670. The molecule has 0 spiro atoms. The molecule has 0 aromatic heterocycles. The van der Waals surface area contributed by atoms with E-state index in [9.17, 15) is 0 Å². The molecule has 0 saturated carbocycles. The van der Waals surface area contributed by atoms with Crippen LogP contribution in [0.3, 0.4) is 0 Å². The van der Waals surface area contributed by atoms with Gasteiger partial charge in [-0.15, -0.1) is 5.10 Å². The van der Waals surface area contributed by atoms with Crippen molar-refractivity contribution in [2.45, 2.75) is 33.2 Å². The highest BCUT2D eigenvalue weighted by Crippen LogP contribution is 1.96. The van der Waals surface area contributed by atoms with E-state index in [4.69, 9.17) is 0 Å². The second kappa shape index (κ2) is 4.07. The highest BCUT2D eigenvalue weighted by atomic mass is 15.3. The third kappa shape index (κ3) is 7.18. The first kappa shape index (κ1) is 9.18. The molecule has 0 aliphatic heterocycles. The molecule has 0 aromatic carbocycles. The van der Waals surface area contributed by atoms with Crippen molar-refractivity contribution in [3.8, 4) is 0 Å². The minimum absolute atomic E-state index is 0.0102. The summed E-state index contributed by atoms with van der Waals surface area (Å²) in [7, 11) is 0. The lowest BCUT2D eigenvalue weighted by Gasteiger charge is -2.15. The van der Waals surface area contributed by atoms with E-state index in [1.165, 1.54) is 0 Å². The van der Waals surface area contributed by atoms with E-state index in [1.54, 1.807) is 0 Å². The first-order valence-electron chi connectivity index (χ1n) is 3.44. The zero-order valence-corrected chi connectivity index (χ0v) is 7.10. The zero-order chi connectivity index (χ0) is 8.04. The lowest BCUT2D eigenvalue weighted by molar-refractivity contribution is 0.442. The van der Waals surface area contributed by atoms with E-state index in [1.807, 2.05) is 27.7 Å². The van der Waals surface area contributed by atoms with Crippen LogP contribution >= 0.6 is 0 Å². The molecule has 0 bridgehead atoms. The number of hydrogen-bond donors (Lipinski definition) is 1. The van der Waals surface area contributed by atoms with Crippen LogP contribution in [0, 0.1) is 0 Å². The zero-order valence-electron chi connectivity index (χ0n) is 7.10. The maximum Gasteiger partial charge on any atom is 0.114 e.